The second-order valence-corrected chi connectivity index (χ2v) is 4.26. The van der Waals surface area contributed by atoms with E-state index in [-0.39, 0.29) is 30.2 Å². The number of carbonyl (C=O) groups excluding carboxylic acids is 1. The molecule has 0 bridgehead atoms. The van der Waals surface area contributed by atoms with Gasteiger partial charge in [0.1, 0.15) is 12.4 Å². The number of benzene rings is 1. The van der Waals surface area contributed by atoms with E-state index in [0.29, 0.717) is 0 Å². The van der Waals surface area contributed by atoms with Crippen LogP contribution < -0.4 is 4.74 Å². The molecule has 2 aromatic rings. The number of hydrogen-bond acceptors (Lipinski definition) is 5. The van der Waals surface area contributed by atoms with Gasteiger partial charge in [-0.25, -0.2) is 13.3 Å². The maximum absolute atomic E-state index is 13.8. The van der Waals surface area contributed by atoms with Gasteiger partial charge in [0, 0.05) is 17.8 Å². The molecular formula is C13H13FN2O3S. The van der Waals surface area contributed by atoms with Crippen LogP contribution >= 0.6 is 12.8 Å². The minimum atomic E-state index is -0.578. The molecule has 0 radical (unpaired) electrons. The molecule has 106 valence electrons. The number of aromatic nitrogens is 2. The molecule has 2 rings (SSSR count). The zero-order valence-corrected chi connectivity index (χ0v) is 11.6. The van der Waals surface area contributed by atoms with Gasteiger partial charge in [0.15, 0.2) is 0 Å². The Bertz CT molecular complexity index is 615. The van der Waals surface area contributed by atoms with Crippen LogP contribution in [0.25, 0.3) is 0 Å². The maximum Gasteiger partial charge on any atom is 0.338 e. The molecule has 0 aliphatic carbocycles. The second-order valence-electron chi connectivity index (χ2n) is 3.85. The Balaban J connectivity index is 2.19. The summed E-state index contributed by atoms with van der Waals surface area (Å²) in [5.74, 6) is -0.816. The van der Waals surface area contributed by atoms with E-state index < -0.39 is 11.8 Å². The number of nitrogens with zero attached hydrogens (tertiary/aromatic N) is 2. The van der Waals surface area contributed by atoms with Gasteiger partial charge in [-0.15, -0.1) is 5.10 Å². The first kappa shape index (κ1) is 14.4. The van der Waals surface area contributed by atoms with Gasteiger partial charge in [-0.2, -0.15) is 0 Å². The lowest BCUT2D eigenvalue weighted by Gasteiger charge is -2.10. The van der Waals surface area contributed by atoms with Crippen LogP contribution in [0.15, 0.2) is 30.5 Å². The fourth-order valence-corrected chi connectivity index (χ4v) is 1.78. The minimum absolute atomic E-state index is 0.119. The van der Waals surface area contributed by atoms with Crippen LogP contribution in [0.3, 0.4) is 0 Å². The van der Waals surface area contributed by atoms with E-state index in [0.717, 1.165) is 0 Å². The van der Waals surface area contributed by atoms with E-state index >= 15 is 0 Å². The van der Waals surface area contributed by atoms with Crippen molar-refractivity contribution in [1.82, 2.24) is 9.19 Å². The molecule has 5 nitrogen and oxygen atoms in total. The number of carbonyl (C=O) groups is 1. The van der Waals surface area contributed by atoms with E-state index in [2.05, 4.69) is 17.9 Å². The number of hydrogen-bond donors (Lipinski definition) is 1. The van der Waals surface area contributed by atoms with Crippen molar-refractivity contribution in [3.05, 3.63) is 47.4 Å². The van der Waals surface area contributed by atoms with Gasteiger partial charge in [0.05, 0.1) is 12.2 Å². The fourth-order valence-electron chi connectivity index (χ4n) is 1.63. The Morgan fingerprint density at radius 3 is 2.90 bits per heavy atom. The molecule has 0 aliphatic heterocycles. The highest BCUT2D eigenvalue weighted by atomic mass is 32.1. The van der Waals surface area contributed by atoms with Gasteiger partial charge < -0.3 is 9.47 Å². The van der Waals surface area contributed by atoms with Crippen LogP contribution in [0.1, 0.15) is 22.8 Å². The molecule has 0 saturated carbocycles. The lowest BCUT2D eigenvalue weighted by Crippen LogP contribution is -2.11. The zero-order valence-electron chi connectivity index (χ0n) is 10.7. The summed E-state index contributed by atoms with van der Waals surface area (Å²) in [5, 5.41) is 3.89. The van der Waals surface area contributed by atoms with Crippen LogP contribution in [0.2, 0.25) is 0 Å². The highest BCUT2D eigenvalue weighted by molar-refractivity contribution is 7.78. The van der Waals surface area contributed by atoms with Gasteiger partial charge in [-0.05, 0) is 31.9 Å². The number of esters is 1. The van der Waals surface area contributed by atoms with Crippen molar-refractivity contribution in [2.45, 2.75) is 13.5 Å². The third-order valence-electron chi connectivity index (χ3n) is 2.53. The summed E-state index contributed by atoms with van der Waals surface area (Å²) in [6.45, 7) is 1.79. The van der Waals surface area contributed by atoms with Crippen LogP contribution in [-0.2, 0) is 11.3 Å². The summed E-state index contributed by atoms with van der Waals surface area (Å²) in [7, 11) is 0. The number of ether oxygens (including phenoxy) is 2. The average molecular weight is 296 g/mol. The van der Waals surface area contributed by atoms with Crippen LogP contribution in [-0.4, -0.2) is 21.8 Å². The average Bonchev–Trinajstić information content (AvgIpc) is 2.83. The van der Waals surface area contributed by atoms with Crippen LogP contribution in [0.5, 0.6) is 5.88 Å². The summed E-state index contributed by atoms with van der Waals surface area (Å²) in [4.78, 5) is 11.8. The third kappa shape index (κ3) is 3.30. The number of thiol groups is 1. The monoisotopic (exact) mass is 296 g/mol. The lowest BCUT2D eigenvalue weighted by atomic mass is 10.1. The van der Waals surface area contributed by atoms with Gasteiger partial charge >= 0.3 is 5.97 Å². The molecule has 0 atom stereocenters. The predicted molar refractivity (Wildman–Crippen MR) is 73.3 cm³/mol. The van der Waals surface area contributed by atoms with Crippen molar-refractivity contribution >= 4 is 18.8 Å². The molecule has 0 fully saturated rings. The molecule has 0 amide bonds. The highest BCUT2D eigenvalue weighted by Crippen LogP contribution is 2.18. The molecular weight excluding hydrogens is 283 g/mol. The van der Waals surface area contributed by atoms with Crippen molar-refractivity contribution in [2.24, 2.45) is 0 Å². The van der Waals surface area contributed by atoms with E-state index in [1.54, 1.807) is 19.2 Å². The van der Waals surface area contributed by atoms with Gasteiger partial charge in [-0.3, -0.25) is 0 Å². The second kappa shape index (κ2) is 6.42. The first-order valence-corrected chi connectivity index (χ1v) is 6.34. The lowest BCUT2D eigenvalue weighted by molar-refractivity contribution is 0.0522. The molecule has 0 unspecified atom stereocenters. The standard InChI is InChI=1S/C13H13FN2O3S/c1-2-18-13(17)9-4-3-5-11(14)10(9)8-19-12-6-7-16(20)15-12/h3-7,20H,2,8H2,1H3. The van der Waals surface area contributed by atoms with Gasteiger partial charge in [0.25, 0.3) is 0 Å². The predicted octanol–water partition coefficient (Wildman–Crippen LogP) is 2.47. The molecule has 1 aromatic carbocycles. The molecule has 0 saturated heterocycles. The van der Waals surface area contributed by atoms with Crippen molar-refractivity contribution in [3.63, 3.8) is 0 Å². The smallest absolute Gasteiger partial charge is 0.338 e. The van der Waals surface area contributed by atoms with E-state index in [1.807, 2.05) is 0 Å². The Kier molecular flexibility index (Phi) is 4.62. The molecule has 0 spiro atoms. The van der Waals surface area contributed by atoms with Gasteiger partial charge in [-0.1, -0.05) is 6.07 Å². The Morgan fingerprint density at radius 1 is 1.45 bits per heavy atom. The highest BCUT2D eigenvalue weighted by Gasteiger charge is 2.17. The summed E-state index contributed by atoms with van der Waals surface area (Å²) in [6, 6.07) is 5.79. The molecule has 0 N–H and O–H groups in total. The number of rotatable bonds is 5. The van der Waals surface area contributed by atoms with E-state index in [4.69, 9.17) is 9.47 Å². The Hall–Kier alpha value is -2.02. The molecule has 1 heterocycles. The normalized spacial score (nSPS) is 10.3. The zero-order chi connectivity index (χ0) is 14.5. The molecule has 0 aliphatic rings. The van der Waals surface area contributed by atoms with Crippen LogP contribution in [0.4, 0.5) is 4.39 Å². The van der Waals surface area contributed by atoms with Crippen molar-refractivity contribution < 1.29 is 18.7 Å². The quantitative estimate of drug-likeness (QED) is 0.680. The van der Waals surface area contributed by atoms with E-state index in [9.17, 15) is 9.18 Å². The van der Waals surface area contributed by atoms with Gasteiger partial charge in [0.2, 0.25) is 5.88 Å². The van der Waals surface area contributed by atoms with Crippen molar-refractivity contribution in [2.75, 3.05) is 6.61 Å². The molecule has 20 heavy (non-hydrogen) atoms. The minimum Gasteiger partial charge on any atom is -0.472 e. The molecule has 1 aromatic heterocycles. The fraction of sp³-hybridized carbons (Fsp3) is 0.231. The van der Waals surface area contributed by atoms with E-state index in [1.165, 1.54) is 22.3 Å². The first-order chi connectivity index (χ1) is 9.61. The largest absolute Gasteiger partial charge is 0.472 e. The summed E-state index contributed by atoms with van der Waals surface area (Å²) < 4.78 is 25.3. The third-order valence-corrected chi connectivity index (χ3v) is 2.75. The van der Waals surface area contributed by atoms with Crippen molar-refractivity contribution in [1.29, 1.82) is 0 Å². The number of halogens is 1. The van der Waals surface area contributed by atoms with Crippen molar-refractivity contribution in [3.8, 4) is 5.88 Å². The summed E-state index contributed by atoms with van der Waals surface area (Å²) in [5.41, 5.74) is 0.289. The SMILES string of the molecule is CCOC(=O)c1cccc(F)c1COc1ccn(S)n1. The molecule has 7 heteroatoms. The summed E-state index contributed by atoms with van der Waals surface area (Å²) >= 11 is 3.96. The Labute approximate surface area is 120 Å². The first-order valence-electron chi connectivity index (χ1n) is 5.94. The topological polar surface area (TPSA) is 53.4 Å². The maximum atomic E-state index is 13.8. The Morgan fingerprint density at radius 2 is 2.25 bits per heavy atom. The van der Waals surface area contributed by atoms with Crippen LogP contribution in [0, 0.1) is 5.82 Å². The summed E-state index contributed by atoms with van der Waals surface area (Å²) in [6.07, 6.45) is 1.58.